The average molecular weight is 355 g/mol. The molecule has 0 aliphatic rings. The van der Waals surface area contributed by atoms with Crippen LogP contribution in [0.15, 0.2) is 52.0 Å². The molecule has 0 aliphatic carbocycles. The van der Waals surface area contributed by atoms with Crippen LogP contribution in [0.2, 0.25) is 0 Å². The minimum atomic E-state index is -0.751. The maximum atomic E-state index is 12.1. The van der Waals surface area contributed by atoms with Gasteiger partial charge in [-0.15, -0.1) is 0 Å². The van der Waals surface area contributed by atoms with Crippen molar-refractivity contribution >= 4 is 5.91 Å². The molecule has 0 atom stereocenters. The van der Waals surface area contributed by atoms with Gasteiger partial charge in [0.15, 0.2) is 5.82 Å². The third kappa shape index (κ3) is 4.32. The number of carbonyl (C=O) groups is 1. The normalized spacial score (nSPS) is 10.5. The molecule has 3 aromatic rings. The lowest BCUT2D eigenvalue weighted by Gasteiger charge is -2.08. The number of aromatic nitrogens is 4. The molecule has 1 aromatic carbocycles. The first-order valence-corrected chi connectivity index (χ1v) is 7.93. The molecule has 3 rings (SSSR count). The molecule has 0 spiro atoms. The van der Waals surface area contributed by atoms with Gasteiger partial charge in [0.1, 0.15) is 18.9 Å². The minimum Gasteiger partial charge on any atom is -0.492 e. The van der Waals surface area contributed by atoms with E-state index in [0.29, 0.717) is 13.2 Å². The van der Waals surface area contributed by atoms with Gasteiger partial charge in [0.2, 0.25) is 11.7 Å². The Labute approximate surface area is 148 Å². The zero-order valence-electron chi connectivity index (χ0n) is 14.1. The number of benzene rings is 1. The van der Waals surface area contributed by atoms with E-state index < -0.39 is 5.76 Å². The van der Waals surface area contributed by atoms with Gasteiger partial charge >= 0.3 is 5.76 Å². The average Bonchev–Trinajstić information content (AvgIpc) is 3.00. The zero-order chi connectivity index (χ0) is 18.4. The fourth-order valence-electron chi connectivity index (χ4n) is 2.25. The summed E-state index contributed by atoms with van der Waals surface area (Å²) in [4.78, 5) is 31.8. The fourth-order valence-corrected chi connectivity index (χ4v) is 2.25. The Kier molecular flexibility index (Phi) is 5.37. The first kappa shape index (κ1) is 17.3. The lowest BCUT2D eigenvalue weighted by molar-refractivity contribution is -0.121. The summed E-state index contributed by atoms with van der Waals surface area (Å²) in [6.45, 7) is 2.33. The van der Waals surface area contributed by atoms with Crippen LogP contribution >= 0.6 is 0 Å². The number of hydrogen-bond acceptors (Lipinski definition) is 7. The highest BCUT2D eigenvalue weighted by Gasteiger charge is 2.17. The maximum absolute atomic E-state index is 12.1. The number of aryl methyl sites for hydroxylation is 1. The molecule has 0 aliphatic heterocycles. The quantitative estimate of drug-likeness (QED) is 0.624. The summed E-state index contributed by atoms with van der Waals surface area (Å²) in [6, 6.07) is 9.25. The summed E-state index contributed by atoms with van der Waals surface area (Å²) in [7, 11) is 0. The van der Waals surface area contributed by atoms with Crippen LogP contribution in [0.3, 0.4) is 0 Å². The highest BCUT2D eigenvalue weighted by molar-refractivity contribution is 5.76. The minimum absolute atomic E-state index is 0.0989. The van der Waals surface area contributed by atoms with Crippen LogP contribution in [0.1, 0.15) is 5.56 Å². The van der Waals surface area contributed by atoms with Crippen molar-refractivity contribution in [2.24, 2.45) is 0 Å². The third-order valence-electron chi connectivity index (χ3n) is 3.44. The van der Waals surface area contributed by atoms with Crippen LogP contribution < -0.4 is 15.8 Å². The Hall–Kier alpha value is -3.49. The smallest absolute Gasteiger partial charge is 0.442 e. The van der Waals surface area contributed by atoms with E-state index in [1.165, 1.54) is 12.4 Å². The van der Waals surface area contributed by atoms with Crippen molar-refractivity contribution in [2.45, 2.75) is 13.5 Å². The molecule has 9 nitrogen and oxygen atoms in total. The van der Waals surface area contributed by atoms with E-state index in [1.54, 1.807) is 6.07 Å². The number of ether oxygens (including phenoxy) is 1. The molecule has 0 saturated carbocycles. The molecule has 0 unspecified atom stereocenters. The number of amides is 1. The molecule has 9 heteroatoms. The third-order valence-corrected chi connectivity index (χ3v) is 3.44. The monoisotopic (exact) mass is 355 g/mol. The number of hydrogen-bond donors (Lipinski definition) is 1. The van der Waals surface area contributed by atoms with Crippen LogP contribution in [-0.2, 0) is 11.3 Å². The largest absolute Gasteiger partial charge is 0.492 e. The summed E-state index contributed by atoms with van der Waals surface area (Å²) in [5.74, 6) is -0.0901. The van der Waals surface area contributed by atoms with Crippen molar-refractivity contribution in [1.82, 2.24) is 25.0 Å². The van der Waals surface area contributed by atoms with E-state index in [0.717, 1.165) is 15.9 Å². The summed E-state index contributed by atoms with van der Waals surface area (Å²) in [6.07, 6.45) is 3.02. The van der Waals surface area contributed by atoms with E-state index in [1.807, 2.05) is 31.2 Å². The second-order valence-electron chi connectivity index (χ2n) is 5.45. The van der Waals surface area contributed by atoms with Crippen molar-refractivity contribution in [1.29, 1.82) is 0 Å². The summed E-state index contributed by atoms with van der Waals surface area (Å²) in [5.41, 5.74) is 1.09. The molecular formula is C17H17N5O4. The van der Waals surface area contributed by atoms with Crippen LogP contribution in [0.25, 0.3) is 11.6 Å². The number of carbonyl (C=O) groups excluding carboxylic acids is 1. The molecule has 0 bridgehead atoms. The maximum Gasteiger partial charge on any atom is 0.442 e. The van der Waals surface area contributed by atoms with Crippen molar-refractivity contribution in [3.63, 3.8) is 0 Å². The Morgan fingerprint density at radius 2 is 2.08 bits per heavy atom. The molecule has 0 saturated heterocycles. The lowest BCUT2D eigenvalue weighted by atomic mass is 10.2. The van der Waals surface area contributed by atoms with Crippen LogP contribution in [0, 0.1) is 6.92 Å². The summed E-state index contributed by atoms with van der Waals surface area (Å²) >= 11 is 0. The highest BCUT2D eigenvalue weighted by Crippen LogP contribution is 2.11. The van der Waals surface area contributed by atoms with E-state index in [-0.39, 0.29) is 24.1 Å². The van der Waals surface area contributed by atoms with E-state index >= 15 is 0 Å². The van der Waals surface area contributed by atoms with Gasteiger partial charge in [-0.2, -0.15) is 0 Å². The van der Waals surface area contributed by atoms with Crippen molar-refractivity contribution in [3.8, 4) is 17.4 Å². The second-order valence-corrected chi connectivity index (χ2v) is 5.45. The van der Waals surface area contributed by atoms with Crippen molar-refractivity contribution < 1.29 is 14.1 Å². The van der Waals surface area contributed by atoms with Gasteiger partial charge in [-0.25, -0.2) is 19.3 Å². The zero-order valence-corrected chi connectivity index (χ0v) is 14.1. The SMILES string of the molecule is Cc1cccc(OCCNC(=O)Cn2c(-c3ncccn3)noc2=O)c1. The van der Waals surface area contributed by atoms with Gasteiger partial charge in [-0.05, 0) is 30.7 Å². The van der Waals surface area contributed by atoms with Gasteiger partial charge in [-0.3, -0.25) is 9.32 Å². The van der Waals surface area contributed by atoms with Gasteiger partial charge in [0.25, 0.3) is 0 Å². The first-order chi connectivity index (χ1) is 12.6. The molecule has 0 radical (unpaired) electrons. The molecule has 2 heterocycles. The van der Waals surface area contributed by atoms with Crippen LogP contribution in [-0.4, -0.2) is 38.8 Å². The van der Waals surface area contributed by atoms with E-state index in [4.69, 9.17) is 4.74 Å². The summed E-state index contributed by atoms with van der Waals surface area (Å²) in [5, 5.41) is 6.31. The summed E-state index contributed by atoms with van der Waals surface area (Å²) < 4.78 is 11.2. The lowest BCUT2D eigenvalue weighted by Crippen LogP contribution is -2.33. The molecule has 2 aromatic heterocycles. The topological polar surface area (TPSA) is 112 Å². The molecule has 26 heavy (non-hydrogen) atoms. The number of nitrogens with zero attached hydrogens (tertiary/aromatic N) is 4. The van der Waals surface area contributed by atoms with E-state index in [2.05, 4.69) is 25.0 Å². The molecule has 1 amide bonds. The van der Waals surface area contributed by atoms with Gasteiger partial charge < -0.3 is 10.1 Å². The van der Waals surface area contributed by atoms with Crippen molar-refractivity contribution in [2.75, 3.05) is 13.2 Å². The number of rotatable bonds is 7. The Bertz CT molecular complexity index is 936. The number of nitrogens with one attached hydrogen (secondary N) is 1. The van der Waals surface area contributed by atoms with Crippen LogP contribution in [0.5, 0.6) is 5.75 Å². The standard InChI is InChI=1S/C17H17N5O4/c1-12-4-2-5-13(10-12)25-9-8-18-14(23)11-22-16(21-26-17(22)24)15-19-6-3-7-20-15/h2-7,10H,8-9,11H2,1H3,(H,18,23). The molecular weight excluding hydrogens is 338 g/mol. The van der Waals surface area contributed by atoms with Gasteiger partial charge in [0.05, 0.1) is 6.54 Å². The Morgan fingerprint density at radius 1 is 1.27 bits per heavy atom. The molecule has 1 N–H and O–H groups in total. The van der Waals surface area contributed by atoms with Gasteiger partial charge in [0, 0.05) is 12.4 Å². The Balaban J connectivity index is 1.54. The van der Waals surface area contributed by atoms with Crippen molar-refractivity contribution in [3.05, 3.63) is 58.8 Å². The predicted octanol–water partition coefficient (Wildman–Crippen LogP) is 0.797. The Morgan fingerprint density at radius 3 is 2.85 bits per heavy atom. The fraction of sp³-hybridized carbons (Fsp3) is 0.235. The molecule has 134 valence electrons. The first-order valence-electron chi connectivity index (χ1n) is 7.93. The second kappa shape index (κ2) is 8.06. The predicted molar refractivity (Wildman–Crippen MR) is 91.5 cm³/mol. The van der Waals surface area contributed by atoms with Crippen LogP contribution in [0.4, 0.5) is 0 Å². The molecule has 0 fully saturated rings. The highest BCUT2D eigenvalue weighted by atomic mass is 16.5. The van der Waals surface area contributed by atoms with E-state index in [9.17, 15) is 9.59 Å². The van der Waals surface area contributed by atoms with Gasteiger partial charge in [-0.1, -0.05) is 17.3 Å².